The van der Waals surface area contributed by atoms with Crippen molar-refractivity contribution in [1.82, 2.24) is 0 Å². The van der Waals surface area contributed by atoms with E-state index in [0.29, 0.717) is 0 Å². The highest BCUT2D eigenvalue weighted by atomic mass is 79.9. The topological polar surface area (TPSA) is 26.0 Å². The molecule has 0 saturated carbocycles. The average molecular weight is 380 g/mol. The molecule has 0 bridgehead atoms. The maximum atomic E-state index is 5.97. The summed E-state index contributed by atoms with van der Waals surface area (Å²) in [5.74, 6) is 0. The zero-order chi connectivity index (χ0) is 10.3. The highest BCUT2D eigenvalue weighted by molar-refractivity contribution is 9.11. The second-order valence-electron chi connectivity index (χ2n) is 2.92. The predicted octanol–water partition coefficient (Wildman–Crippen LogP) is 4.71. The molecule has 14 heavy (non-hydrogen) atoms. The van der Waals surface area contributed by atoms with E-state index in [1.165, 1.54) is 0 Å². The van der Waals surface area contributed by atoms with Gasteiger partial charge in [0.25, 0.3) is 0 Å². The fraction of sp³-hybridized carbons (Fsp3) is 0. The lowest BCUT2D eigenvalue weighted by molar-refractivity contribution is 1.63. The van der Waals surface area contributed by atoms with E-state index in [2.05, 4.69) is 47.8 Å². The zero-order valence-electron chi connectivity index (χ0n) is 7.02. The van der Waals surface area contributed by atoms with Gasteiger partial charge in [0.2, 0.25) is 0 Å². The third kappa shape index (κ3) is 1.59. The molecule has 0 atom stereocenters. The molecule has 0 aromatic heterocycles. The highest BCUT2D eigenvalue weighted by Crippen LogP contribution is 2.38. The van der Waals surface area contributed by atoms with Crippen LogP contribution in [-0.2, 0) is 0 Å². The summed E-state index contributed by atoms with van der Waals surface area (Å²) in [6, 6.07) is 7.94. The van der Waals surface area contributed by atoms with E-state index in [1.807, 2.05) is 24.3 Å². The van der Waals surface area contributed by atoms with Crippen LogP contribution in [0, 0.1) is 0 Å². The lowest BCUT2D eigenvalue weighted by atomic mass is 10.1. The van der Waals surface area contributed by atoms with E-state index >= 15 is 0 Å². The number of nitrogens with two attached hydrogens (primary N) is 1. The van der Waals surface area contributed by atoms with Crippen LogP contribution in [0.25, 0.3) is 10.8 Å². The number of anilines is 1. The van der Waals surface area contributed by atoms with Gasteiger partial charge < -0.3 is 5.73 Å². The van der Waals surface area contributed by atoms with Crippen molar-refractivity contribution >= 4 is 64.2 Å². The van der Waals surface area contributed by atoms with E-state index in [4.69, 9.17) is 5.73 Å². The van der Waals surface area contributed by atoms with Crippen LogP contribution in [0.5, 0.6) is 0 Å². The van der Waals surface area contributed by atoms with E-state index in [9.17, 15) is 0 Å². The Morgan fingerprint density at radius 3 is 2.36 bits per heavy atom. The first-order chi connectivity index (χ1) is 6.61. The lowest BCUT2D eigenvalue weighted by Crippen LogP contribution is -1.90. The van der Waals surface area contributed by atoms with Crippen molar-refractivity contribution in [3.63, 3.8) is 0 Å². The normalized spacial score (nSPS) is 10.8. The first-order valence-corrected chi connectivity index (χ1v) is 6.31. The molecular weight excluding hydrogens is 374 g/mol. The third-order valence-corrected chi connectivity index (χ3v) is 4.00. The number of hydrogen-bond donors (Lipinski definition) is 1. The van der Waals surface area contributed by atoms with Crippen molar-refractivity contribution in [3.05, 3.63) is 37.7 Å². The van der Waals surface area contributed by atoms with Crippen LogP contribution in [0.3, 0.4) is 0 Å². The van der Waals surface area contributed by atoms with Gasteiger partial charge in [0.15, 0.2) is 0 Å². The van der Waals surface area contributed by atoms with Crippen molar-refractivity contribution in [3.8, 4) is 0 Å². The van der Waals surface area contributed by atoms with Crippen LogP contribution in [0.2, 0.25) is 0 Å². The smallest absolute Gasteiger partial charge is 0.0539 e. The molecule has 2 N–H and O–H groups in total. The minimum Gasteiger partial charge on any atom is -0.397 e. The van der Waals surface area contributed by atoms with Crippen LogP contribution in [0.1, 0.15) is 0 Å². The van der Waals surface area contributed by atoms with Crippen molar-refractivity contribution < 1.29 is 0 Å². The standard InChI is InChI=1S/C10H6Br3N/c11-6-3-1-2-5-9(6)7(12)4-8(13)10(5)14/h1-4H,14H2. The molecule has 0 amide bonds. The summed E-state index contributed by atoms with van der Waals surface area (Å²) in [6.45, 7) is 0. The number of fused-ring (bicyclic) bond motifs is 1. The maximum absolute atomic E-state index is 5.97. The van der Waals surface area contributed by atoms with Gasteiger partial charge in [0.1, 0.15) is 0 Å². The number of rotatable bonds is 0. The van der Waals surface area contributed by atoms with Crippen LogP contribution in [-0.4, -0.2) is 0 Å². The number of benzene rings is 2. The summed E-state index contributed by atoms with van der Waals surface area (Å²) < 4.78 is 2.98. The van der Waals surface area contributed by atoms with Gasteiger partial charge in [-0.1, -0.05) is 44.0 Å². The molecule has 2 rings (SSSR count). The van der Waals surface area contributed by atoms with E-state index < -0.39 is 0 Å². The monoisotopic (exact) mass is 377 g/mol. The molecule has 0 saturated heterocycles. The van der Waals surface area contributed by atoms with Crippen molar-refractivity contribution in [2.24, 2.45) is 0 Å². The molecule has 72 valence electrons. The molecule has 0 heterocycles. The number of hydrogen-bond acceptors (Lipinski definition) is 1. The molecule has 0 unspecified atom stereocenters. The first-order valence-electron chi connectivity index (χ1n) is 3.93. The van der Waals surface area contributed by atoms with Crippen molar-refractivity contribution in [2.75, 3.05) is 5.73 Å². The molecular formula is C10H6Br3N. The first kappa shape index (κ1) is 10.5. The fourth-order valence-electron chi connectivity index (χ4n) is 1.38. The minimum absolute atomic E-state index is 0.768. The molecule has 0 aliphatic carbocycles. The molecule has 1 nitrogen and oxygen atoms in total. The molecule has 4 heteroatoms. The third-order valence-electron chi connectivity index (χ3n) is 2.05. The van der Waals surface area contributed by atoms with Gasteiger partial charge in [0, 0.05) is 24.2 Å². The molecule has 0 radical (unpaired) electrons. The van der Waals surface area contributed by atoms with Crippen LogP contribution in [0.15, 0.2) is 37.7 Å². The van der Waals surface area contributed by atoms with E-state index in [-0.39, 0.29) is 0 Å². The van der Waals surface area contributed by atoms with Gasteiger partial charge in [-0.2, -0.15) is 0 Å². The molecule has 2 aromatic carbocycles. The Bertz CT molecular complexity index is 508. The molecule has 0 aliphatic rings. The Hall–Kier alpha value is -0.0600. The number of halogens is 3. The fourth-order valence-corrected chi connectivity index (χ4v) is 3.63. The second kappa shape index (κ2) is 3.83. The Kier molecular flexibility index (Phi) is 2.86. The highest BCUT2D eigenvalue weighted by Gasteiger charge is 2.08. The van der Waals surface area contributed by atoms with Crippen LogP contribution < -0.4 is 5.73 Å². The molecule has 2 aromatic rings. The SMILES string of the molecule is Nc1c(Br)cc(Br)c2c(Br)cccc12. The lowest BCUT2D eigenvalue weighted by Gasteiger charge is -2.08. The van der Waals surface area contributed by atoms with Crippen LogP contribution in [0.4, 0.5) is 5.69 Å². The van der Waals surface area contributed by atoms with E-state index in [0.717, 1.165) is 29.9 Å². The van der Waals surface area contributed by atoms with Crippen molar-refractivity contribution in [1.29, 1.82) is 0 Å². The average Bonchev–Trinajstić information content (AvgIpc) is 2.14. The second-order valence-corrected chi connectivity index (χ2v) is 5.48. The summed E-state index contributed by atoms with van der Waals surface area (Å²) in [7, 11) is 0. The number of nitrogen functional groups attached to an aromatic ring is 1. The zero-order valence-corrected chi connectivity index (χ0v) is 11.8. The molecule has 0 fully saturated rings. The largest absolute Gasteiger partial charge is 0.397 e. The van der Waals surface area contributed by atoms with E-state index in [1.54, 1.807) is 0 Å². The van der Waals surface area contributed by atoms with Gasteiger partial charge in [0.05, 0.1) is 5.69 Å². The molecule has 0 aliphatic heterocycles. The van der Waals surface area contributed by atoms with Gasteiger partial charge in [-0.05, 0) is 28.1 Å². The maximum Gasteiger partial charge on any atom is 0.0539 e. The predicted molar refractivity (Wildman–Crippen MR) is 71.5 cm³/mol. The summed E-state index contributed by atoms with van der Waals surface area (Å²) in [6.07, 6.45) is 0. The quantitative estimate of drug-likeness (QED) is 0.659. The van der Waals surface area contributed by atoms with Gasteiger partial charge in [-0.25, -0.2) is 0 Å². The summed E-state index contributed by atoms with van der Waals surface area (Å²) in [4.78, 5) is 0. The van der Waals surface area contributed by atoms with Crippen LogP contribution >= 0.6 is 47.8 Å². The Balaban J connectivity index is 3.02. The van der Waals surface area contributed by atoms with Gasteiger partial charge >= 0.3 is 0 Å². The van der Waals surface area contributed by atoms with Gasteiger partial charge in [-0.15, -0.1) is 0 Å². The Morgan fingerprint density at radius 1 is 0.929 bits per heavy atom. The Morgan fingerprint density at radius 2 is 1.64 bits per heavy atom. The Labute approximate surface area is 107 Å². The van der Waals surface area contributed by atoms with Crippen molar-refractivity contribution in [2.45, 2.75) is 0 Å². The molecule has 0 spiro atoms. The summed E-state index contributed by atoms with van der Waals surface area (Å²) in [5.41, 5.74) is 6.74. The van der Waals surface area contributed by atoms with Gasteiger partial charge in [-0.3, -0.25) is 0 Å². The minimum atomic E-state index is 0.768. The summed E-state index contributed by atoms with van der Waals surface area (Å²) in [5, 5.41) is 2.15. The summed E-state index contributed by atoms with van der Waals surface area (Å²) >= 11 is 10.4.